The number of carboxylic acid groups (broad SMARTS) is 1. The number of hydrogen-bond acceptors (Lipinski definition) is 8. The number of aromatic nitrogens is 2. The predicted octanol–water partition coefficient (Wildman–Crippen LogP) is 6.87. The molecule has 246 valence electrons. The summed E-state index contributed by atoms with van der Waals surface area (Å²) in [6, 6.07) is 13.9. The molecule has 15 heteroatoms. The molecule has 1 aliphatic rings. The van der Waals surface area contributed by atoms with Crippen molar-refractivity contribution in [3.05, 3.63) is 77.7 Å². The summed E-state index contributed by atoms with van der Waals surface area (Å²) in [6.45, 7) is 5.05. The average Bonchev–Trinajstić information content (AvgIpc) is 3.68. The molecule has 4 aromatic rings. The van der Waals surface area contributed by atoms with Gasteiger partial charge >= 0.3 is 18.4 Å². The van der Waals surface area contributed by atoms with Crippen LogP contribution in [0.25, 0.3) is 22.2 Å². The molecular weight excluding hydrogens is 623 g/mol. The zero-order valence-electron chi connectivity index (χ0n) is 25.5. The highest BCUT2D eigenvalue weighted by Gasteiger charge is 2.35. The van der Waals surface area contributed by atoms with E-state index in [-0.39, 0.29) is 29.8 Å². The molecule has 2 N–H and O–H groups in total. The lowest BCUT2D eigenvalue weighted by Crippen LogP contribution is -2.46. The van der Waals surface area contributed by atoms with Crippen LogP contribution < -0.4 is 10.1 Å². The molecule has 3 aromatic carbocycles. The first kappa shape index (κ1) is 32.9. The van der Waals surface area contributed by atoms with Crippen LogP contribution in [-0.2, 0) is 10.9 Å². The van der Waals surface area contributed by atoms with E-state index in [9.17, 15) is 32.7 Å². The summed E-state index contributed by atoms with van der Waals surface area (Å²) in [5.41, 5.74) is -0.910. The summed E-state index contributed by atoms with van der Waals surface area (Å²) in [5, 5.41) is 17.4. The average molecular weight is 654 g/mol. The highest BCUT2D eigenvalue weighted by molar-refractivity contribution is 5.99. The molecular formula is C32H30F3N5O7. The van der Waals surface area contributed by atoms with Crippen molar-refractivity contribution in [2.24, 2.45) is 4.99 Å². The smallest absolute Gasteiger partial charge is 0.434 e. The van der Waals surface area contributed by atoms with E-state index in [2.05, 4.69) is 20.4 Å². The number of guanidine groups is 1. The van der Waals surface area contributed by atoms with Gasteiger partial charge in [-0.15, -0.1) is 4.99 Å². The number of likely N-dealkylation sites (tertiary alicyclic amines) is 1. The Hall–Kier alpha value is -5.47. The second kappa shape index (κ2) is 13.1. The lowest BCUT2D eigenvalue weighted by molar-refractivity contribution is -0.137. The maximum absolute atomic E-state index is 12.8. The monoisotopic (exact) mass is 653 g/mol. The van der Waals surface area contributed by atoms with Gasteiger partial charge in [-0.05, 0) is 74.7 Å². The number of benzene rings is 3. The van der Waals surface area contributed by atoms with Crippen molar-refractivity contribution in [3.8, 4) is 17.1 Å². The van der Waals surface area contributed by atoms with Gasteiger partial charge in [-0.25, -0.2) is 9.59 Å². The number of rotatable bonds is 6. The van der Waals surface area contributed by atoms with Gasteiger partial charge in [0.2, 0.25) is 17.7 Å². The molecule has 2 amide bonds. The van der Waals surface area contributed by atoms with E-state index < -0.39 is 41.4 Å². The predicted molar refractivity (Wildman–Crippen MR) is 162 cm³/mol. The number of halogens is 3. The summed E-state index contributed by atoms with van der Waals surface area (Å²) in [6.07, 6.45) is -5.66. The quantitative estimate of drug-likeness (QED) is 0.128. The van der Waals surface area contributed by atoms with Crippen LogP contribution in [-0.4, -0.2) is 62.8 Å². The van der Waals surface area contributed by atoms with Gasteiger partial charge < -0.3 is 24.0 Å². The molecule has 0 radical (unpaired) electrons. The Morgan fingerprint density at radius 3 is 2.43 bits per heavy atom. The van der Waals surface area contributed by atoms with Crippen LogP contribution in [0, 0.1) is 0 Å². The van der Waals surface area contributed by atoms with Gasteiger partial charge in [0.1, 0.15) is 17.4 Å². The molecule has 0 saturated carbocycles. The third kappa shape index (κ3) is 8.23. The molecule has 0 aliphatic carbocycles. The summed E-state index contributed by atoms with van der Waals surface area (Å²) in [5.74, 6) is 0.215. The highest BCUT2D eigenvalue weighted by Crippen LogP contribution is 2.33. The van der Waals surface area contributed by atoms with Crippen molar-refractivity contribution in [3.63, 3.8) is 0 Å². The minimum Gasteiger partial charge on any atom is -0.485 e. The number of ketones is 1. The Morgan fingerprint density at radius 1 is 1.04 bits per heavy atom. The van der Waals surface area contributed by atoms with Crippen LogP contribution in [0.15, 0.2) is 70.2 Å². The van der Waals surface area contributed by atoms with Gasteiger partial charge in [-0.2, -0.15) is 18.2 Å². The Kier molecular flexibility index (Phi) is 9.17. The lowest BCUT2D eigenvalue weighted by atomic mass is 10.1. The van der Waals surface area contributed by atoms with Crippen molar-refractivity contribution in [1.82, 2.24) is 20.4 Å². The van der Waals surface area contributed by atoms with E-state index in [0.29, 0.717) is 30.7 Å². The molecule has 12 nitrogen and oxygen atoms in total. The van der Waals surface area contributed by atoms with Gasteiger partial charge in [0.15, 0.2) is 12.4 Å². The summed E-state index contributed by atoms with van der Waals surface area (Å²) < 4.78 is 54.8. The molecule has 1 saturated heterocycles. The van der Waals surface area contributed by atoms with E-state index >= 15 is 0 Å². The number of alkyl halides is 3. The first-order valence-corrected chi connectivity index (χ1v) is 14.5. The van der Waals surface area contributed by atoms with Crippen LogP contribution in [0.5, 0.6) is 5.75 Å². The molecule has 2 heterocycles. The molecule has 0 unspecified atom stereocenters. The topological polar surface area (TPSA) is 156 Å². The molecule has 5 rings (SSSR count). The van der Waals surface area contributed by atoms with E-state index in [1.165, 1.54) is 0 Å². The largest absolute Gasteiger partial charge is 0.485 e. The first-order valence-electron chi connectivity index (χ1n) is 14.5. The fraction of sp³-hybridized carbons (Fsp3) is 0.312. The van der Waals surface area contributed by atoms with E-state index in [1.54, 1.807) is 56.0 Å². The van der Waals surface area contributed by atoms with Crippen molar-refractivity contribution in [2.45, 2.75) is 51.4 Å². The van der Waals surface area contributed by atoms with E-state index in [0.717, 1.165) is 35.0 Å². The lowest BCUT2D eigenvalue weighted by Gasteiger charge is -2.26. The second-order valence-corrected chi connectivity index (χ2v) is 11.7. The normalized spacial score (nSPS) is 15.5. The summed E-state index contributed by atoms with van der Waals surface area (Å²) in [7, 11) is 0. The van der Waals surface area contributed by atoms with Gasteiger partial charge in [0.25, 0.3) is 0 Å². The number of carbonyl (C=O) groups is 3. The fourth-order valence-electron chi connectivity index (χ4n) is 4.94. The van der Waals surface area contributed by atoms with Crippen molar-refractivity contribution >= 4 is 34.7 Å². The van der Waals surface area contributed by atoms with E-state index in [4.69, 9.17) is 14.0 Å². The minimum absolute atomic E-state index is 0.105. The molecule has 1 aromatic heterocycles. The molecule has 47 heavy (non-hydrogen) atoms. The molecule has 1 aliphatic heterocycles. The molecule has 0 spiro atoms. The number of carbonyl (C=O) groups excluding carboxylic acids is 2. The number of fused-ring (bicyclic) bond motifs is 1. The number of Topliss-reactive ketones (excluding diaryl/α,β-unsaturated/α-hetero) is 1. The number of hydrogen-bond donors (Lipinski definition) is 2. The first-order chi connectivity index (χ1) is 22.2. The Bertz CT molecular complexity index is 1830. The Labute approximate surface area is 266 Å². The van der Waals surface area contributed by atoms with Crippen molar-refractivity contribution in [2.75, 3.05) is 13.2 Å². The Balaban J connectivity index is 1.27. The molecule has 0 bridgehead atoms. The van der Waals surface area contributed by atoms with Crippen LogP contribution >= 0.6 is 0 Å². The SMILES string of the molecule is CC(C)(C)OC(=O)N/C(=N/C(=O)O)N1CCC[C@H]1c1nc(-c2ccc3cc(OCC(=O)c4ccc(C(F)(F)F)cc4)ccc3c2)no1. The zero-order valence-corrected chi connectivity index (χ0v) is 25.5. The highest BCUT2D eigenvalue weighted by atomic mass is 19.4. The van der Waals surface area contributed by atoms with Crippen LogP contribution in [0.4, 0.5) is 22.8 Å². The Morgan fingerprint density at radius 2 is 1.74 bits per heavy atom. The van der Waals surface area contributed by atoms with Crippen LogP contribution in [0.1, 0.15) is 61.5 Å². The third-order valence-corrected chi connectivity index (χ3v) is 7.04. The number of nitrogens with zero attached hydrogens (tertiary/aromatic N) is 4. The van der Waals surface area contributed by atoms with Gasteiger partial charge in [0, 0.05) is 17.7 Å². The molecule has 1 fully saturated rings. The third-order valence-electron chi connectivity index (χ3n) is 7.04. The van der Waals surface area contributed by atoms with Crippen molar-refractivity contribution < 1.29 is 46.7 Å². The number of ether oxygens (including phenoxy) is 2. The van der Waals surface area contributed by atoms with Crippen LogP contribution in [0.2, 0.25) is 0 Å². The summed E-state index contributed by atoms with van der Waals surface area (Å²) >= 11 is 0. The maximum Gasteiger partial charge on any atom is 0.434 e. The van der Waals surface area contributed by atoms with Gasteiger partial charge in [-0.1, -0.05) is 35.5 Å². The zero-order chi connectivity index (χ0) is 33.9. The summed E-state index contributed by atoms with van der Waals surface area (Å²) in [4.78, 5) is 46.0. The standard InChI is InChI=1S/C32H30F3N5O7/c1-31(2,3)46-30(44)38-28(37-29(42)43)40-14-4-5-24(40)27-36-26(39-47-27)21-7-6-20-16-23(13-10-19(20)15-21)45-17-25(41)18-8-11-22(12-9-18)32(33,34)35/h6-13,15-16,24H,4-5,14,17H2,1-3H3,(H,42,43)(H,37,38,44)/t24-/m0/s1. The van der Waals surface area contributed by atoms with E-state index in [1.807, 2.05) is 6.07 Å². The number of amides is 2. The van der Waals surface area contributed by atoms with Crippen LogP contribution in [0.3, 0.4) is 0 Å². The molecule has 1 atom stereocenters. The fourth-order valence-corrected chi connectivity index (χ4v) is 4.94. The second-order valence-electron chi connectivity index (χ2n) is 11.7. The minimum atomic E-state index is -4.49. The van der Waals surface area contributed by atoms with Gasteiger partial charge in [0.05, 0.1) is 5.56 Å². The van der Waals surface area contributed by atoms with Crippen molar-refractivity contribution in [1.29, 1.82) is 0 Å². The number of alkyl carbamates (subject to hydrolysis) is 1. The number of aliphatic imine (C=N–C) groups is 1. The van der Waals surface area contributed by atoms with Gasteiger partial charge in [-0.3, -0.25) is 10.1 Å². The maximum atomic E-state index is 12.8. The number of nitrogens with one attached hydrogen (secondary N) is 1.